The van der Waals surface area contributed by atoms with Crippen LogP contribution in [0.4, 0.5) is 11.4 Å². The predicted octanol–water partition coefficient (Wildman–Crippen LogP) is 4.69. The van der Waals surface area contributed by atoms with Crippen molar-refractivity contribution >= 4 is 44.6 Å². The minimum atomic E-state index is -3.66. The number of benzene rings is 3. The Morgan fingerprint density at radius 3 is 2.30 bits per heavy atom. The number of hydrogen-bond acceptors (Lipinski definition) is 4. The molecule has 0 spiro atoms. The average molecular weight is 480 g/mol. The van der Waals surface area contributed by atoms with Crippen LogP contribution in [0.15, 0.2) is 77.7 Å². The Morgan fingerprint density at radius 1 is 0.970 bits per heavy atom. The molecule has 170 valence electrons. The van der Waals surface area contributed by atoms with E-state index >= 15 is 0 Å². The van der Waals surface area contributed by atoms with E-state index in [-0.39, 0.29) is 15.9 Å². The monoisotopic (exact) mass is 479 g/mol. The van der Waals surface area contributed by atoms with Crippen LogP contribution in [0.5, 0.6) is 0 Å². The minimum absolute atomic E-state index is 0.136. The number of carbonyl (C=O) groups is 1. The van der Waals surface area contributed by atoms with Gasteiger partial charge in [-0.2, -0.15) is 0 Å². The molecular formula is C25H25N3O3S2. The second-order valence-corrected chi connectivity index (χ2v) is 10.4. The van der Waals surface area contributed by atoms with Crippen LogP contribution in [-0.2, 0) is 16.4 Å². The van der Waals surface area contributed by atoms with E-state index < -0.39 is 10.0 Å². The first-order valence-electron chi connectivity index (χ1n) is 10.7. The van der Waals surface area contributed by atoms with Gasteiger partial charge in [0.25, 0.3) is 15.9 Å². The molecule has 1 aliphatic heterocycles. The Kier molecular flexibility index (Phi) is 6.49. The molecule has 8 heteroatoms. The molecule has 0 bridgehead atoms. The number of nitrogens with zero attached hydrogens (tertiary/aromatic N) is 1. The number of para-hydroxylation sites is 1. The first kappa shape index (κ1) is 22.9. The molecule has 3 aromatic carbocycles. The van der Waals surface area contributed by atoms with Crippen LogP contribution in [0, 0.1) is 0 Å². The topological polar surface area (TPSA) is 78.5 Å². The third-order valence-corrected chi connectivity index (χ3v) is 7.64. The van der Waals surface area contributed by atoms with E-state index in [2.05, 4.69) is 24.5 Å². The van der Waals surface area contributed by atoms with E-state index in [0.717, 1.165) is 16.8 Å². The zero-order chi connectivity index (χ0) is 23.6. The molecule has 3 aromatic rings. The number of anilines is 2. The molecule has 1 amide bonds. The molecule has 0 unspecified atom stereocenters. The Hall–Kier alpha value is -3.23. The van der Waals surface area contributed by atoms with Crippen LogP contribution in [0.3, 0.4) is 0 Å². The predicted molar refractivity (Wildman–Crippen MR) is 135 cm³/mol. The van der Waals surface area contributed by atoms with E-state index in [1.165, 1.54) is 16.4 Å². The molecule has 0 saturated carbocycles. The number of nitrogens with one attached hydrogen (secondary N) is 2. The van der Waals surface area contributed by atoms with Gasteiger partial charge in [0.05, 0.1) is 10.6 Å². The smallest absolute Gasteiger partial charge is 0.264 e. The van der Waals surface area contributed by atoms with Gasteiger partial charge in [-0.05, 0) is 78.1 Å². The number of thiocarbonyl (C=S) groups is 1. The van der Waals surface area contributed by atoms with Gasteiger partial charge in [-0.15, -0.1) is 0 Å². The van der Waals surface area contributed by atoms with Gasteiger partial charge in [-0.1, -0.05) is 44.2 Å². The highest BCUT2D eigenvalue weighted by atomic mass is 32.2. The standard InChI is InChI=1S/C25H25N3O3S2/c1-17(2)18-7-9-20(10-8-18)24(29)27-25(32)26-21-11-13-22(14-12-21)33(30,31)28-16-15-19-5-3-4-6-23(19)28/h3-14,17H,15-16H2,1-2H3,(H2,26,27,29,32). The maximum atomic E-state index is 13.1. The third kappa shape index (κ3) is 4.91. The van der Waals surface area contributed by atoms with E-state index in [0.29, 0.717) is 30.1 Å². The summed E-state index contributed by atoms with van der Waals surface area (Å²) in [4.78, 5) is 12.6. The lowest BCUT2D eigenvalue weighted by atomic mass is 10.0. The molecule has 0 radical (unpaired) electrons. The summed E-state index contributed by atoms with van der Waals surface area (Å²) in [5, 5.41) is 5.71. The van der Waals surface area contributed by atoms with Crippen LogP contribution < -0.4 is 14.9 Å². The molecule has 0 aliphatic carbocycles. The summed E-state index contributed by atoms with van der Waals surface area (Å²) >= 11 is 5.25. The van der Waals surface area contributed by atoms with Crippen molar-refractivity contribution in [1.82, 2.24) is 5.32 Å². The summed E-state index contributed by atoms with van der Waals surface area (Å²) in [5.41, 5.74) is 4.00. The van der Waals surface area contributed by atoms with Gasteiger partial charge in [0.15, 0.2) is 5.11 Å². The number of fused-ring (bicyclic) bond motifs is 1. The number of amides is 1. The molecule has 0 atom stereocenters. The fourth-order valence-corrected chi connectivity index (χ4v) is 5.47. The van der Waals surface area contributed by atoms with Crippen molar-refractivity contribution in [2.45, 2.75) is 31.1 Å². The van der Waals surface area contributed by atoms with E-state index in [1.54, 1.807) is 24.3 Å². The molecule has 2 N–H and O–H groups in total. The van der Waals surface area contributed by atoms with Gasteiger partial charge in [-0.25, -0.2) is 8.42 Å². The van der Waals surface area contributed by atoms with Crippen molar-refractivity contribution in [3.8, 4) is 0 Å². The van der Waals surface area contributed by atoms with Gasteiger partial charge in [0.1, 0.15) is 0 Å². The summed E-state index contributed by atoms with van der Waals surface area (Å²) in [6, 6.07) is 21.2. The minimum Gasteiger partial charge on any atom is -0.332 e. The van der Waals surface area contributed by atoms with E-state index in [4.69, 9.17) is 12.2 Å². The van der Waals surface area contributed by atoms with Crippen molar-refractivity contribution in [2.24, 2.45) is 0 Å². The maximum Gasteiger partial charge on any atom is 0.264 e. The third-order valence-electron chi connectivity index (χ3n) is 5.61. The zero-order valence-electron chi connectivity index (χ0n) is 18.4. The Balaban J connectivity index is 1.40. The highest BCUT2D eigenvalue weighted by Crippen LogP contribution is 2.32. The van der Waals surface area contributed by atoms with Crippen LogP contribution in [0.25, 0.3) is 0 Å². The van der Waals surface area contributed by atoms with Crippen molar-refractivity contribution in [3.05, 3.63) is 89.5 Å². The second kappa shape index (κ2) is 9.33. The first-order valence-corrected chi connectivity index (χ1v) is 12.5. The quantitative estimate of drug-likeness (QED) is 0.519. The summed E-state index contributed by atoms with van der Waals surface area (Å²) in [7, 11) is -3.66. The lowest BCUT2D eigenvalue weighted by Gasteiger charge is -2.19. The Morgan fingerprint density at radius 2 is 1.64 bits per heavy atom. The summed E-state index contributed by atoms with van der Waals surface area (Å²) in [6.45, 7) is 4.61. The molecule has 6 nitrogen and oxygen atoms in total. The first-order chi connectivity index (χ1) is 15.8. The zero-order valence-corrected chi connectivity index (χ0v) is 20.0. The van der Waals surface area contributed by atoms with Gasteiger partial charge in [0, 0.05) is 17.8 Å². The van der Waals surface area contributed by atoms with Gasteiger partial charge >= 0.3 is 0 Å². The van der Waals surface area contributed by atoms with Crippen molar-refractivity contribution in [1.29, 1.82) is 0 Å². The van der Waals surface area contributed by atoms with E-state index in [1.807, 2.05) is 36.4 Å². The molecule has 1 aliphatic rings. The van der Waals surface area contributed by atoms with Crippen molar-refractivity contribution in [2.75, 3.05) is 16.2 Å². The van der Waals surface area contributed by atoms with Crippen LogP contribution >= 0.6 is 12.2 Å². The van der Waals surface area contributed by atoms with Gasteiger partial charge in [-0.3, -0.25) is 14.4 Å². The maximum absolute atomic E-state index is 13.1. The molecule has 4 rings (SSSR count). The molecule has 33 heavy (non-hydrogen) atoms. The molecular weight excluding hydrogens is 454 g/mol. The van der Waals surface area contributed by atoms with Crippen LogP contribution in [0.1, 0.15) is 41.3 Å². The van der Waals surface area contributed by atoms with Gasteiger partial charge in [0.2, 0.25) is 0 Å². The second-order valence-electron chi connectivity index (χ2n) is 8.17. The number of carbonyl (C=O) groups excluding carboxylic acids is 1. The lowest BCUT2D eigenvalue weighted by molar-refractivity contribution is 0.0977. The van der Waals surface area contributed by atoms with Crippen LogP contribution in [0.2, 0.25) is 0 Å². The lowest BCUT2D eigenvalue weighted by Crippen LogP contribution is -2.34. The summed E-state index contributed by atoms with van der Waals surface area (Å²) < 4.78 is 27.7. The Bertz CT molecular complexity index is 1290. The average Bonchev–Trinajstić information content (AvgIpc) is 3.24. The van der Waals surface area contributed by atoms with Crippen LogP contribution in [-0.4, -0.2) is 26.0 Å². The van der Waals surface area contributed by atoms with Gasteiger partial charge < -0.3 is 5.32 Å². The molecule has 0 fully saturated rings. The molecule has 0 aromatic heterocycles. The normalized spacial score (nSPS) is 13.0. The highest BCUT2D eigenvalue weighted by Gasteiger charge is 2.30. The number of hydrogen-bond donors (Lipinski definition) is 2. The fraction of sp³-hybridized carbons (Fsp3) is 0.200. The SMILES string of the molecule is CC(C)c1ccc(C(=O)NC(=S)Nc2ccc(S(=O)(=O)N3CCc4ccccc43)cc2)cc1. The largest absolute Gasteiger partial charge is 0.332 e. The number of rotatable bonds is 5. The summed E-state index contributed by atoms with van der Waals surface area (Å²) in [6.07, 6.45) is 0.698. The Labute approximate surface area is 199 Å². The highest BCUT2D eigenvalue weighted by molar-refractivity contribution is 7.92. The fourth-order valence-electron chi connectivity index (χ4n) is 3.75. The molecule has 1 heterocycles. The van der Waals surface area contributed by atoms with Crippen molar-refractivity contribution in [3.63, 3.8) is 0 Å². The number of sulfonamides is 1. The summed E-state index contributed by atoms with van der Waals surface area (Å²) in [5.74, 6) is 0.0755. The van der Waals surface area contributed by atoms with E-state index in [9.17, 15) is 13.2 Å². The van der Waals surface area contributed by atoms with Crippen molar-refractivity contribution < 1.29 is 13.2 Å². The molecule has 0 saturated heterocycles.